The Hall–Kier alpha value is -1.35. The minimum absolute atomic E-state index is 0.0469. The molecule has 1 saturated carbocycles. The van der Waals surface area contributed by atoms with Gasteiger partial charge in [0.25, 0.3) is 0 Å². The molecule has 0 atom stereocenters. The quantitative estimate of drug-likeness (QED) is 0.835. The summed E-state index contributed by atoms with van der Waals surface area (Å²) in [6, 6.07) is 5.61. The minimum Gasteiger partial charge on any atom is -0.324 e. The van der Waals surface area contributed by atoms with Gasteiger partial charge in [-0.15, -0.1) is 0 Å². The van der Waals surface area contributed by atoms with Gasteiger partial charge in [-0.25, -0.2) is 0 Å². The fourth-order valence-electron chi connectivity index (χ4n) is 2.99. The van der Waals surface area contributed by atoms with E-state index in [4.69, 9.17) is 11.6 Å². The predicted octanol–water partition coefficient (Wildman–Crippen LogP) is 3.66. The lowest BCUT2D eigenvalue weighted by Gasteiger charge is -2.24. The molecule has 1 aromatic rings. The average molecular weight is 277 g/mol. The molecule has 0 bridgehead atoms. The first-order valence-corrected chi connectivity index (χ1v) is 7.26. The number of halogens is 1. The Kier molecular flexibility index (Phi) is 3.56. The molecule has 0 saturated heterocycles. The van der Waals surface area contributed by atoms with E-state index < -0.39 is 0 Å². The van der Waals surface area contributed by atoms with Crippen LogP contribution in [0.1, 0.15) is 37.7 Å². The Labute approximate surface area is 118 Å². The number of nitrogens with one attached hydrogen (secondary N) is 1. The van der Waals surface area contributed by atoms with Crippen molar-refractivity contribution in [2.45, 2.75) is 32.1 Å². The minimum atomic E-state index is -0.0469. The molecule has 19 heavy (non-hydrogen) atoms. The molecule has 100 valence electrons. The van der Waals surface area contributed by atoms with Gasteiger partial charge in [0.05, 0.1) is 0 Å². The van der Waals surface area contributed by atoms with Gasteiger partial charge in [-0.3, -0.25) is 9.79 Å². The highest BCUT2D eigenvalue weighted by Gasteiger charge is 2.25. The molecule has 1 heterocycles. The summed E-state index contributed by atoms with van der Waals surface area (Å²) in [5, 5.41) is 3.60. The maximum atomic E-state index is 11.7. The van der Waals surface area contributed by atoms with Crippen molar-refractivity contribution in [3.05, 3.63) is 28.8 Å². The first-order chi connectivity index (χ1) is 9.24. The van der Waals surface area contributed by atoms with Crippen LogP contribution < -0.4 is 5.32 Å². The average Bonchev–Trinajstić information content (AvgIpc) is 2.58. The Morgan fingerprint density at radius 3 is 2.79 bits per heavy atom. The van der Waals surface area contributed by atoms with Crippen LogP contribution in [0.2, 0.25) is 5.02 Å². The van der Waals surface area contributed by atoms with Crippen LogP contribution in [-0.4, -0.2) is 18.2 Å². The summed E-state index contributed by atoms with van der Waals surface area (Å²) in [6.07, 6.45) is 6.14. The first-order valence-electron chi connectivity index (χ1n) is 6.88. The normalized spacial score (nSPS) is 20.3. The molecule has 1 aliphatic heterocycles. The number of carbonyl (C=O) groups is 1. The highest BCUT2D eigenvalue weighted by atomic mass is 35.5. The second kappa shape index (κ2) is 5.33. The van der Waals surface area contributed by atoms with Gasteiger partial charge in [0.1, 0.15) is 6.54 Å². The monoisotopic (exact) mass is 276 g/mol. The van der Waals surface area contributed by atoms with Crippen LogP contribution in [-0.2, 0) is 4.79 Å². The van der Waals surface area contributed by atoms with Crippen LogP contribution in [0.3, 0.4) is 0 Å². The van der Waals surface area contributed by atoms with Crippen LogP contribution >= 0.6 is 11.6 Å². The van der Waals surface area contributed by atoms with Crippen molar-refractivity contribution >= 4 is 28.9 Å². The van der Waals surface area contributed by atoms with E-state index in [1.165, 1.54) is 32.1 Å². The zero-order chi connectivity index (χ0) is 13.2. The van der Waals surface area contributed by atoms with Crippen molar-refractivity contribution in [3.8, 4) is 0 Å². The van der Waals surface area contributed by atoms with Crippen molar-refractivity contribution in [2.75, 3.05) is 11.9 Å². The lowest BCUT2D eigenvalue weighted by Crippen LogP contribution is -2.19. The zero-order valence-corrected chi connectivity index (χ0v) is 11.5. The molecule has 0 radical (unpaired) electrons. The summed E-state index contributed by atoms with van der Waals surface area (Å²) in [4.78, 5) is 16.3. The molecule has 1 aliphatic carbocycles. The molecule has 3 rings (SSSR count). The van der Waals surface area contributed by atoms with Gasteiger partial charge in [0.15, 0.2) is 0 Å². The number of benzodiazepines with no additional fused rings is 1. The molecule has 0 aromatic heterocycles. The predicted molar refractivity (Wildman–Crippen MR) is 78.1 cm³/mol. The molecule has 0 spiro atoms. The van der Waals surface area contributed by atoms with Crippen LogP contribution in [0.15, 0.2) is 23.2 Å². The summed E-state index contributed by atoms with van der Waals surface area (Å²) in [5.41, 5.74) is 2.91. The number of benzene rings is 1. The van der Waals surface area contributed by atoms with Crippen molar-refractivity contribution in [1.82, 2.24) is 0 Å². The second-order valence-corrected chi connectivity index (χ2v) is 5.71. The Bertz CT molecular complexity index is 533. The number of hydrogen-bond donors (Lipinski definition) is 1. The molecule has 4 heteroatoms. The van der Waals surface area contributed by atoms with Crippen molar-refractivity contribution < 1.29 is 4.79 Å². The molecule has 2 aliphatic rings. The number of anilines is 1. The molecular formula is C15H17ClN2O. The van der Waals surface area contributed by atoms with Crippen molar-refractivity contribution in [3.63, 3.8) is 0 Å². The van der Waals surface area contributed by atoms with Gasteiger partial charge < -0.3 is 5.32 Å². The van der Waals surface area contributed by atoms with Gasteiger partial charge in [-0.05, 0) is 31.0 Å². The number of hydrogen-bond acceptors (Lipinski definition) is 2. The summed E-state index contributed by atoms with van der Waals surface area (Å²) >= 11 is 6.10. The Morgan fingerprint density at radius 2 is 2.00 bits per heavy atom. The fraction of sp³-hybridized carbons (Fsp3) is 0.467. The van der Waals surface area contributed by atoms with Gasteiger partial charge in [0, 0.05) is 27.9 Å². The van der Waals surface area contributed by atoms with E-state index in [0.717, 1.165) is 17.0 Å². The van der Waals surface area contributed by atoms with Crippen molar-refractivity contribution in [2.24, 2.45) is 10.9 Å². The van der Waals surface area contributed by atoms with Crippen LogP contribution in [0, 0.1) is 5.92 Å². The van der Waals surface area contributed by atoms with Gasteiger partial charge >= 0.3 is 0 Å². The highest BCUT2D eigenvalue weighted by molar-refractivity contribution is 6.31. The van der Waals surface area contributed by atoms with Crippen LogP contribution in [0.5, 0.6) is 0 Å². The van der Waals surface area contributed by atoms with Crippen molar-refractivity contribution in [1.29, 1.82) is 0 Å². The summed E-state index contributed by atoms with van der Waals surface area (Å²) in [6.45, 7) is 0.220. The van der Waals surface area contributed by atoms with E-state index in [9.17, 15) is 4.79 Å². The van der Waals surface area contributed by atoms with Crippen LogP contribution in [0.4, 0.5) is 5.69 Å². The number of rotatable bonds is 1. The van der Waals surface area contributed by atoms with E-state index in [1.807, 2.05) is 18.2 Å². The van der Waals surface area contributed by atoms with E-state index in [0.29, 0.717) is 10.9 Å². The number of carbonyl (C=O) groups excluding carboxylic acids is 1. The van der Waals surface area contributed by atoms with Gasteiger partial charge in [-0.1, -0.05) is 30.9 Å². The van der Waals surface area contributed by atoms with Crippen LogP contribution in [0.25, 0.3) is 0 Å². The number of nitrogens with zero attached hydrogens (tertiary/aromatic N) is 1. The molecule has 3 nitrogen and oxygen atoms in total. The zero-order valence-electron chi connectivity index (χ0n) is 10.8. The van der Waals surface area contributed by atoms with E-state index in [-0.39, 0.29) is 12.5 Å². The first kappa shape index (κ1) is 12.7. The van der Waals surface area contributed by atoms with Gasteiger partial charge in [0.2, 0.25) is 5.91 Å². The smallest absolute Gasteiger partial charge is 0.246 e. The number of aliphatic imine (C=N–C) groups is 1. The Morgan fingerprint density at radius 1 is 1.21 bits per heavy atom. The molecule has 1 amide bonds. The second-order valence-electron chi connectivity index (χ2n) is 5.27. The van der Waals surface area contributed by atoms with E-state index >= 15 is 0 Å². The number of fused-ring (bicyclic) bond motifs is 1. The summed E-state index contributed by atoms with van der Waals surface area (Å²) in [7, 11) is 0. The largest absolute Gasteiger partial charge is 0.324 e. The van der Waals surface area contributed by atoms with E-state index in [1.54, 1.807) is 0 Å². The maximum Gasteiger partial charge on any atom is 0.246 e. The van der Waals surface area contributed by atoms with E-state index in [2.05, 4.69) is 10.3 Å². The molecule has 0 unspecified atom stereocenters. The topological polar surface area (TPSA) is 41.5 Å². The molecule has 1 N–H and O–H groups in total. The molecule has 1 aromatic carbocycles. The fourth-order valence-corrected chi connectivity index (χ4v) is 3.17. The SMILES string of the molecule is O=C1CN=C(C2CCCCC2)c2cc(Cl)ccc2N1. The Balaban J connectivity index is 2.02. The lowest BCUT2D eigenvalue weighted by molar-refractivity contribution is -0.114. The maximum absolute atomic E-state index is 11.7. The number of amides is 1. The third-order valence-corrected chi connectivity index (χ3v) is 4.15. The standard InChI is InChI=1S/C15H17ClN2O/c16-11-6-7-13-12(8-11)15(17-9-14(19)18-13)10-4-2-1-3-5-10/h6-8,10H,1-5,9H2,(H,18,19). The highest BCUT2D eigenvalue weighted by Crippen LogP contribution is 2.32. The summed E-state index contributed by atoms with van der Waals surface area (Å²) < 4.78 is 0. The van der Waals surface area contributed by atoms with Gasteiger partial charge in [-0.2, -0.15) is 0 Å². The third-order valence-electron chi connectivity index (χ3n) is 3.92. The molecular weight excluding hydrogens is 260 g/mol. The third kappa shape index (κ3) is 2.66. The molecule has 1 fully saturated rings. The lowest BCUT2D eigenvalue weighted by atomic mass is 9.83. The summed E-state index contributed by atoms with van der Waals surface area (Å²) in [5.74, 6) is 0.424.